The maximum atomic E-state index is 8.93. The lowest BCUT2D eigenvalue weighted by Crippen LogP contribution is -2.20. The molecule has 1 heterocycles. The van der Waals surface area contributed by atoms with Crippen molar-refractivity contribution in [3.8, 4) is 0 Å². The standard InChI is InChI=1S/C16H21N5O/c1-12-10-13(2)19-16(18-12)20-17-11-14-4-6-15(7-5-14)21(3)8-9-22/h4-7,10-11,22H,8-9H2,1-3H3,(H,18,19,20)/b17-11-. The molecule has 0 aliphatic rings. The van der Waals surface area contributed by atoms with Crippen molar-refractivity contribution in [1.29, 1.82) is 0 Å². The van der Waals surface area contributed by atoms with Crippen molar-refractivity contribution in [1.82, 2.24) is 9.97 Å². The average molecular weight is 299 g/mol. The van der Waals surface area contributed by atoms with Gasteiger partial charge in [0.25, 0.3) is 0 Å². The number of nitrogens with one attached hydrogen (secondary N) is 1. The Morgan fingerprint density at radius 3 is 2.41 bits per heavy atom. The largest absolute Gasteiger partial charge is 0.395 e. The second kappa shape index (κ2) is 7.51. The van der Waals surface area contributed by atoms with Gasteiger partial charge in [0.15, 0.2) is 0 Å². The second-order valence-corrected chi connectivity index (χ2v) is 5.08. The Bertz CT molecular complexity index is 619. The summed E-state index contributed by atoms with van der Waals surface area (Å²) in [6.45, 7) is 4.59. The van der Waals surface area contributed by atoms with Gasteiger partial charge in [0.2, 0.25) is 5.95 Å². The van der Waals surface area contributed by atoms with Crippen LogP contribution in [0.1, 0.15) is 17.0 Å². The number of anilines is 2. The number of aryl methyl sites for hydroxylation is 2. The minimum absolute atomic E-state index is 0.138. The average Bonchev–Trinajstić information content (AvgIpc) is 2.47. The zero-order valence-electron chi connectivity index (χ0n) is 13.1. The van der Waals surface area contributed by atoms with E-state index < -0.39 is 0 Å². The molecule has 0 bridgehead atoms. The predicted octanol–water partition coefficient (Wildman–Crippen LogP) is 1.97. The normalized spacial score (nSPS) is 10.9. The minimum Gasteiger partial charge on any atom is -0.395 e. The Labute approximate surface area is 130 Å². The topological polar surface area (TPSA) is 73.6 Å². The fourth-order valence-corrected chi connectivity index (χ4v) is 2.03. The van der Waals surface area contributed by atoms with E-state index in [1.165, 1.54) is 0 Å². The molecule has 0 spiro atoms. The monoisotopic (exact) mass is 299 g/mol. The van der Waals surface area contributed by atoms with Gasteiger partial charge in [0.05, 0.1) is 12.8 Å². The molecule has 1 aromatic carbocycles. The highest BCUT2D eigenvalue weighted by Crippen LogP contribution is 2.12. The molecule has 0 amide bonds. The molecule has 6 nitrogen and oxygen atoms in total. The number of nitrogens with zero attached hydrogens (tertiary/aromatic N) is 4. The van der Waals surface area contributed by atoms with Gasteiger partial charge >= 0.3 is 0 Å². The van der Waals surface area contributed by atoms with Crippen LogP contribution in [0.3, 0.4) is 0 Å². The predicted molar refractivity (Wildman–Crippen MR) is 89.5 cm³/mol. The molecule has 2 aromatic rings. The Kier molecular flexibility index (Phi) is 5.43. The van der Waals surface area contributed by atoms with Crippen LogP contribution in [0.4, 0.5) is 11.6 Å². The molecule has 0 radical (unpaired) electrons. The van der Waals surface area contributed by atoms with Crippen LogP contribution in [0.5, 0.6) is 0 Å². The van der Waals surface area contributed by atoms with Gasteiger partial charge in [-0.2, -0.15) is 5.10 Å². The summed E-state index contributed by atoms with van der Waals surface area (Å²) in [7, 11) is 1.94. The third-order valence-electron chi connectivity index (χ3n) is 3.13. The highest BCUT2D eigenvalue weighted by atomic mass is 16.3. The fourth-order valence-electron chi connectivity index (χ4n) is 2.03. The number of aliphatic hydroxyl groups excluding tert-OH is 1. The van der Waals surface area contributed by atoms with Crippen molar-refractivity contribution in [3.05, 3.63) is 47.3 Å². The number of hydrogen-bond donors (Lipinski definition) is 2. The van der Waals surface area contributed by atoms with Gasteiger partial charge in [-0.25, -0.2) is 15.4 Å². The van der Waals surface area contributed by atoms with Gasteiger partial charge < -0.3 is 10.0 Å². The van der Waals surface area contributed by atoms with E-state index in [-0.39, 0.29) is 6.61 Å². The van der Waals surface area contributed by atoms with E-state index in [9.17, 15) is 0 Å². The van der Waals surface area contributed by atoms with Gasteiger partial charge in [-0.15, -0.1) is 0 Å². The van der Waals surface area contributed by atoms with Gasteiger partial charge in [-0.1, -0.05) is 12.1 Å². The molecule has 0 aliphatic heterocycles. The summed E-state index contributed by atoms with van der Waals surface area (Å²) in [5, 5.41) is 13.1. The smallest absolute Gasteiger partial charge is 0.243 e. The van der Waals surface area contributed by atoms with Crippen LogP contribution < -0.4 is 10.3 Å². The maximum Gasteiger partial charge on any atom is 0.243 e. The van der Waals surface area contributed by atoms with Crippen LogP contribution in [0.2, 0.25) is 0 Å². The van der Waals surface area contributed by atoms with Crippen LogP contribution >= 0.6 is 0 Å². The van der Waals surface area contributed by atoms with Crippen molar-refractivity contribution in [3.63, 3.8) is 0 Å². The van der Waals surface area contributed by atoms with Crippen molar-refractivity contribution in [2.45, 2.75) is 13.8 Å². The Morgan fingerprint density at radius 2 is 1.82 bits per heavy atom. The van der Waals surface area contributed by atoms with Crippen molar-refractivity contribution < 1.29 is 5.11 Å². The van der Waals surface area contributed by atoms with Crippen LogP contribution in [0.15, 0.2) is 35.4 Å². The number of likely N-dealkylation sites (N-methyl/N-ethyl adjacent to an activating group) is 1. The summed E-state index contributed by atoms with van der Waals surface area (Å²) >= 11 is 0. The van der Waals surface area contributed by atoms with Crippen molar-refractivity contribution >= 4 is 17.9 Å². The molecular weight excluding hydrogens is 278 g/mol. The number of rotatable bonds is 6. The van der Waals surface area contributed by atoms with E-state index in [4.69, 9.17) is 5.11 Å². The van der Waals surface area contributed by atoms with Crippen LogP contribution in [0, 0.1) is 13.8 Å². The highest BCUT2D eigenvalue weighted by Gasteiger charge is 1.99. The molecule has 1 aromatic heterocycles. The molecule has 2 N–H and O–H groups in total. The first-order chi connectivity index (χ1) is 10.6. The lowest BCUT2D eigenvalue weighted by Gasteiger charge is -2.17. The second-order valence-electron chi connectivity index (χ2n) is 5.08. The minimum atomic E-state index is 0.138. The third kappa shape index (κ3) is 4.53. The molecule has 0 saturated heterocycles. The Hall–Kier alpha value is -2.47. The van der Waals surface area contributed by atoms with E-state index in [0.29, 0.717) is 12.5 Å². The first kappa shape index (κ1) is 15.9. The Morgan fingerprint density at radius 1 is 1.18 bits per heavy atom. The number of aliphatic hydroxyl groups is 1. The lowest BCUT2D eigenvalue weighted by atomic mass is 10.2. The summed E-state index contributed by atoms with van der Waals surface area (Å²) in [5.74, 6) is 0.494. The fraction of sp³-hybridized carbons (Fsp3) is 0.312. The zero-order valence-corrected chi connectivity index (χ0v) is 13.1. The van der Waals surface area contributed by atoms with E-state index >= 15 is 0 Å². The summed E-state index contributed by atoms with van der Waals surface area (Å²) in [6, 6.07) is 9.83. The van der Waals surface area contributed by atoms with Gasteiger partial charge in [-0.3, -0.25) is 0 Å². The van der Waals surface area contributed by atoms with E-state index in [2.05, 4.69) is 20.5 Å². The van der Waals surface area contributed by atoms with E-state index in [1.807, 2.05) is 56.1 Å². The summed E-state index contributed by atoms with van der Waals surface area (Å²) in [6.07, 6.45) is 1.72. The van der Waals surface area contributed by atoms with Gasteiger partial charge in [0, 0.05) is 30.7 Å². The van der Waals surface area contributed by atoms with Crippen molar-refractivity contribution in [2.24, 2.45) is 5.10 Å². The molecule has 6 heteroatoms. The molecule has 0 unspecified atom stereocenters. The first-order valence-corrected chi connectivity index (χ1v) is 7.12. The number of hydrazone groups is 1. The lowest BCUT2D eigenvalue weighted by molar-refractivity contribution is 0.304. The molecule has 0 aliphatic carbocycles. The molecule has 22 heavy (non-hydrogen) atoms. The summed E-state index contributed by atoms with van der Waals surface area (Å²) in [5.41, 5.74) is 6.67. The summed E-state index contributed by atoms with van der Waals surface area (Å²) < 4.78 is 0. The number of benzene rings is 1. The maximum absolute atomic E-state index is 8.93. The number of aromatic nitrogens is 2. The molecule has 0 saturated carbocycles. The summed E-state index contributed by atoms with van der Waals surface area (Å²) in [4.78, 5) is 10.5. The Balaban J connectivity index is 1.98. The van der Waals surface area contributed by atoms with Gasteiger partial charge in [0.1, 0.15) is 0 Å². The van der Waals surface area contributed by atoms with Crippen LogP contribution in [-0.4, -0.2) is 41.5 Å². The van der Waals surface area contributed by atoms with Crippen LogP contribution in [-0.2, 0) is 0 Å². The molecule has 116 valence electrons. The van der Waals surface area contributed by atoms with E-state index in [1.54, 1.807) is 6.21 Å². The third-order valence-corrected chi connectivity index (χ3v) is 3.13. The first-order valence-electron chi connectivity index (χ1n) is 7.12. The molecule has 2 rings (SSSR count). The van der Waals surface area contributed by atoms with Crippen LogP contribution in [0.25, 0.3) is 0 Å². The van der Waals surface area contributed by atoms with Gasteiger partial charge in [-0.05, 0) is 37.6 Å². The SMILES string of the molecule is Cc1cc(C)nc(N/N=C\c2ccc(N(C)CCO)cc2)n1. The zero-order chi connectivity index (χ0) is 15.9. The van der Waals surface area contributed by atoms with Crippen molar-refractivity contribution in [2.75, 3.05) is 30.5 Å². The van der Waals surface area contributed by atoms with E-state index in [0.717, 1.165) is 22.6 Å². The quantitative estimate of drug-likeness (QED) is 0.630. The highest BCUT2D eigenvalue weighted by molar-refractivity contribution is 5.80. The molecule has 0 atom stereocenters. The molecular formula is C16H21N5O. The molecule has 0 fully saturated rings. The number of hydrogen-bond acceptors (Lipinski definition) is 6.